The van der Waals surface area contributed by atoms with Gasteiger partial charge in [-0.25, -0.2) is 4.98 Å². The molecular weight excluding hydrogens is 396 g/mol. The number of hydrogen-bond donors (Lipinski definition) is 0. The zero-order valence-corrected chi connectivity index (χ0v) is 17.3. The number of rotatable bonds is 7. The van der Waals surface area contributed by atoms with E-state index < -0.39 is 5.92 Å². The Morgan fingerprint density at radius 1 is 1.25 bits per heavy atom. The predicted molar refractivity (Wildman–Crippen MR) is 111 cm³/mol. The lowest BCUT2D eigenvalue weighted by atomic mass is 9.99. The van der Waals surface area contributed by atoms with Crippen molar-refractivity contribution in [3.05, 3.63) is 52.0 Å². The van der Waals surface area contributed by atoms with Crippen molar-refractivity contribution in [2.45, 2.75) is 19.8 Å². The highest BCUT2D eigenvalue weighted by Gasteiger charge is 2.26. The van der Waals surface area contributed by atoms with Crippen LogP contribution in [0.2, 0.25) is 5.02 Å². The van der Waals surface area contributed by atoms with Crippen molar-refractivity contribution in [1.82, 2.24) is 4.98 Å². The fraction of sp³-hybridized carbons (Fsp3) is 0.286. The Balaban J connectivity index is 1.90. The Labute approximate surface area is 172 Å². The van der Waals surface area contributed by atoms with Gasteiger partial charge in [-0.15, -0.1) is 11.3 Å². The van der Waals surface area contributed by atoms with Gasteiger partial charge in [0.05, 0.1) is 30.0 Å². The Hall–Kier alpha value is -2.62. The standard InChI is InChI=1S/C21H19ClN2O3S/c1-12(2)11-27-17-6-4-13(8-18(17)26-3)20(25)15(10-23)21-24-16-9-14(22)5-7-19(16)28-21/h4-9,12,15H,11H2,1-3H3. The Morgan fingerprint density at radius 3 is 2.71 bits per heavy atom. The number of fused-ring (bicyclic) bond motifs is 1. The summed E-state index contributed by atoms with van der Waals surface area (Å²) in [5.74, 6) is 0.0568. The molecule has 1 heterocycles. The third-order valence-corrected chi connectivity index (χ3v) is 5.36. The minimum absolute atomic E-state index is 0.332. The van der Waals surface area contributed by atoms with E-state index in [-0.39, 0.29) is 5.78 Å². The molecule has 0 spiro atoms. The van der Waals surface area contributed by atoms with Crippen LogP contribution >= 0.6 is 22.9 Å². The fourth-order valence-corrected chi connectivity index (χ4v) is 3.79. The SMILES string of the molecule is COc1cc(C(=O)C(C#N)c2nc3cc(Cl)ccc3s2)ccc1OCC(C)C. The zero-order valence-electron chi connectivity index (χ0n) is 15.7. The van der Waals surface area contributed by atoms with Gasteiger partial charge in [-0.3, -0.25) is 4.79 Å². The van der Waals surface area contributed by atoms with Gasteiger partial charge in [0, 0.05) is 10.6 Å². The number of carbonyl (C=O) groups is 1. The topological polar surface area (TPSA) is 72.2 Å². The molecular formula is C21H19ClN2O3S. The fourth-order valence-electron chi connectivity index (χ4n) is 2.63. The van der Waals surface area contributed by atoms with Crippen molar-refractivity contribution >= 4 is 38.9 Å². The van der Waals surface area contributed by atoms with Crippen LogP contribution in [0.4, 0.5) is 0 Å². The quantitative estimate of drug-likeness (QED) is 0.478. The molecule has 3 aromatic rings. The van der Waals surface area contributed by atoms with Crippen LogP contribution in [0.3, 0.4) is 0 Å². The number of nitriles is 1. The summed E-state index contributed by atoms with van der Waals surface area (Å²) in [5.41, 5.74) is 1.05. The molecule has 0 N–H and O–H groups in total. The molecule has 0 saturated heterocycles. The first-order valence-corrected chi connectivity index (χ1v) is 9.93. The highest BCUT2D eigenvalue weighted by Crippen LogP contribution is 2.33. The van der Waals surface area contributed by atoms with Gasteiger partial charge >= 0.3 is 0 Å². The number of hydrogen-bond acceptors (Lipinski definition) is 6. The van der Waals surface area contributed by atoms with Gasteiger partial charge in [0.2, 0.25) is 0 Å². The van der Waals surface area contributed by atoms with Crippen molar-refractivity contribution in [2.24, 2.45) is 5.92 Å². The molecule has 1 aromatic heterocycles. The van der Waals surface area contributed by atoms with Gasteiger partial charge in [-0.1, -0.05) is 25.4 Å². The third-order valence-electron chi connectivity index (χ3n) is 4.02. The lowest BCUT2D eigenvalue weighted by Crippen LogP contribution is -2.12. The molecule has 0 radical (unpaired) electrons. The molecule has 3 rings (SSSR count). The van der Waals surface area contributed by atoms with E-state index in [9.17, 15) is 10.1 Å². The number of ketones is 1. The number of methoxy groups -OCH3 is 1. The number of Topliss-reactive ketones (excluding diaryl/α,β-unsaturated/α-hetero) is 1. The summed E-state index contributed by atoms with van der Waals surface area (Å²) in [7, 11) is 1.52. The van der Waals surface area contributed by atoms with Crippen LogP contribution in [0, 0.1) is 17.2 Å². The minimum atomic E-state index is -0.997. The van der Waals surface area contributed by atoms with Crippen molar-refractivity contribution in [1.29, 1.82) is 5.26 Å². The summed E-state index contributed by atoms with van der Waals surface area (Å²) >= 11 is 7.32. The number of ether oxygens (including phenoxy) is 2. The van der Waals surface area contributed by atoms with Crippen LogP contribution in [-0.2, 0) is 0 Å². The highest BCUT2D eigenvalue weighted by molar-refractivity contribution is 7.18. The van der Waals surface area contributed by atoms with Crippen molar-refractivity contribution in [2.75, 3.05) is 13.7 Å². The summed E-state index contributed by atoms with van der Waals surface area (Å²) in [6.07, 6.45) is 0. The van der Waals surface area contributed by atoms with Gasteiger partial charge in [-0.2, -0.15) is 5.26 Å². The average Bonchev–Trinajstić information content (AvgIpc) is 3.09. The van der Waals surface area contributed by atoms with E-state index in [0.29, 0.717) is 45.1 Å². The van der Waals surface area contributed by atoms with Crippen molar-refractivity contribution in [3.8, 4) is 17.6 Å². The molecule has 7 heteroatoms. The maximum atomic E-state index is 13.0. The monoisotopic (exact) mass is 414 g/mol. The van der Waals surface area contributed by atoms with Crippen LogP contribution in [-0.4, -0.2) is 24.5 Å². The molecule has 2 aromatic carbocycles. The molecule has 1 unspecified atom stereocenters. The smallest absolute Gasteiger partial charge is 0.187 e. The number of aromatic nitrogens is 1. The van der Waals surface area contributed by atoms with Gasteiger partial charge in [0.15, 0.2) is 23.2 Å². The predicted octanol–water partition coefficient (Wildman–Crippen LogP) is 5.48. The molecule has 0 aliphatic carbocycles. The minimum Gasteiger partial charge on any atom is -0.493 e. The summed E-state index contributed by atoms with van der Waals surface area (Å²) in [5, 5.41) is 10.6. The van der Waals surface area contributed by atoms with Gasteiger partial charge in [-0.05, 0) is 42.3 Å². The molecule has 144 valence electrons. The summed E-state index contributed by atoms with van der Waals surface area (Å²) < 4.78 is 12.0. The second-order valence-electron chi connectivity index (χ2n) is 6.66. The van der Waals surface area contributed by atoms with E-state index in [1.165, 1.54) is 18.4 Å². The molecule has 5 nitrogen and oxygen atoms in total. The Morgan fingerprint density at radius 2 is 2.04 bits per heavy atom. The molecule has 0 bridgehead atoms. The number of benzene rings is 2. The lowest BCUT2D eigenvalue weighted by Gasteiger charge is -2.14. The van der Waals surface area contributed by atoms with Crippen molar-refractivity contribution < 1.29 is 14.3 Å². The number of halogens is 1. The van der Waals surface area contributed by atoms with E-state index >= 15 is 0 Å². The van der Waals surface area contributed by atoms with Gasteiger partial charge in [0.1, 0.15) is 5.01 Å². The normalized spacial score (nSPS) is 12.0. The summed E-state index contributed by atoms with van der Waals surface area (Å²) in [6, 6.07) is 12.3. The summed E-state index contributed by atoms with van der Waals surface area (Å²) in [4.78, 5) is 17.4. The zero-order chi connectivity index (χ0) is 20.3. The first-order valence-electron chi connectivity index (χ1n) is 8.73. The maximum Gasteiger partial charge on any atom is 0.187 e. The van der Waals surface area contributed by atoms with Crippen molar-refractivity contribution in [3.63, 3.8) is 0 Å². The second kappa shape index (κ2) is 8.59. The second-order valence-corrected chi connectivity index (χ2v) is 8.16. The number of carbonyl (C=O) groups excluding carboxylic acids is 1. The van der Waals surface area contributed by atoms with Crippen LogP contribution < -0.4 is 9.47 Å². The molecule has 0 aliphatic rings. The largest absolute Gasteiger partial charge is 0.493 e. The number of nitrogens with zero attached hydrogens (tertiary/aromatic N) is 2. The van der Waals surface area contributed by atoms with Gasteiger partial charge < -0.3 is 9.47 Å². The molecule has 0 amide bonds. The molecule has 28 heavy (non-hydrogen) atoms. The molecule has 0 fully saturated rings. The van der Waals surface area contributed by atoms with E-state index in [1.807, 2.05) is 19.9 Å². The highest BCUT2D eigenvalue weighted by atomic mass is 35.5. The van der Waals surface area contributed by atoms with E-state index in [4.69, 9.17) is 21.1 Å². The number of thiazole rings is 1. The van der Waals surface area contributed by atoms with Crippen LogP contribution in [0.1, 0.15) is 35.1 Å². The average molecular weight is 415 g/mol. The maximum absolute atomic E-state index is 13.0. The summed E-state index contributed by atoms with van der Waals surface area (Å²) in [6.45, 7) is 4.64. The van der Waals surface area contributed by atoms with Crippen LogP contribution in [0.15, 0.2) is 36.4 Å². The Kier molecular flexibility index (Phi) is 6.18. The lowest BCUT2D eigenvalue weighted by molar-refractivity contribution is 0.0978. The molecule has 1 atom stereocenters. The van der Waals surface area contributed by atoms with E-state index in [1.54, 1.807) is 30.3 Å². The van der Waals surface area contributed by atoms with Crippen LogP contribution in [0.5, 0.6) is 11.5 Å². The Bertz CT molecular complexity index is 1060. The van der Waals surface area contributed by atoms with E-state index in [2.05, 4.69) is 11.1 Å². The third kappa shape index (κ3) is 4.27. The molecule has 0 aliphatic heterocycles. The van der Waals surface area contributed by atoms with Gasteiger partial charge in [0.25, 0.3) is 0 Å². The first-order chi connectivity index (χ1) is 13.4. The van der Waals surface area contributed by atoms with E-state index in [0.717, 1.165) is 4.70 Å². The van der Waals surface area contributed by atoms with Crippen LogP contribution in [0.25, 0.3) is 10.2 Å². The first kappa shape index (κ1) is 20.1. The molecule has 0 saturated carbocycles.